The summed E-state index contributed by atoms with van der Waals surface area (Å²) in [5.74, 6) is -0.132. The van der Waals surface area contributed by atoms with Gasteiger partial charge in [-0.25, -0.2) is 0 Å². The summed E-state index contributed by atoms with van der Waals surface area (Å²) >= 11 is 0. The molecular weight excluding hydrogens is 188 g/mol. The number of nitrogens with two attached hydrogens (primary N) is 1. The molecule has 0 saturated heterocycles. The van der Waals surface area contributed by atoms with Crippen molar-refractivity contribution < 1.29 is 14.4 Å². The molecule has 1 rings (SSSR count). The molecule has 6 heteroatoms. The van der Waals surface area contributed by atoms with E-state index >= 15 is 0 Å². The fraction of sp³-hybridized carbons (Fsp3) is 0.500. The molecule has 1 heterocycles. The van der Waals surface area contributed by atoms with E-state index in [2.05, 4.69) is 9.68 Å². The van der Waals surface area contributed by atoms with Gasteiger partial charge < -0.3 is 15.4 Å². The highest BCUT2D eigenvalue weighted by Crippen LogP contribution is 1.90. The number of hydrogen-bond donors (Lipinski definition) is 3. The Morgan fingerprint density at radius 3 is 2.57 bits per heavy atom. The largest absolute Gasteiger partial charge is 0.481 e. The number of H-pyrrole nitrogens is 1. The number of carboxylic acid groups (broad SMARTS) is 1. The molecule has 0 bridgehead atoms. The summed E-state index contributed by atoms with van der Waals surface area (Å²) in [5, 5.41) is 9.89. The molecule has 0 fully saturated rings. The molecule has 6 nitrogen and oxygen atoms in total. The van der Waals surface area contributed by atoms with E-state index in [9.17, 15) is 9.59 Å². The predicted octanol–water partition coefficient (Wildman–Crippen LogP) is -0.0499. The zero-order chi connectivity index (χ0) is 11.0. The topological polar surface area (TPSA) is 109 Å². The van der Waals surface area contributed by atoms with Crippen molar-refractivity contribution in [3.8, 4) is 0 Å². The maximum atomic E-state index is 10.4. The SMILES string of the molecule is CCC(=O)O.NCCc1cc(=O)[nH]o1. The van der Waals surface area contributed by atoms with Crippen molar-refractivity contribution >= 4 is 5.97 Å². The first-order valence-corrected chi connectivity index (χ1v) is 4.19. The van der Waals surface area contributed by atoms with Crippen LogP contribution in [0.1, 0.15) is 19.1 Å². The van der Waals surface area contributed by atoms with Gasteiger partial charge in [0.1, 0.15) is 5.76 Å². The first-order valence-electron chi connectivity index (χ1n) is 4.19. The molecule has 0 aromatic carbocycles. The lowest BCUT2D eigenvalue weighted by atomic mass is 10.3. The Bertz CT molecular complexity index is 315. The van der Waals surface area contributed by atoms with Gasteiger partial charge in [0.2, 0.25) is 0 Å². The van der Waals surface area contributed by atoms with Crippen LogP contribution in [0.15, 0.2) is 15.4 Å². The van der Waals surface area contributed by atoms with Gasteiger partial charge >= 0.3 is 5.97 Å². The second kappa shape index (κ2) is 6.90. The smallest absolute Gasteiger partial charge is 0.303 e. The fourth-order valence-corrected chi connectivity index (χ4v) is 0.586. The molecule has 1 aromatic heterocycles. The number of rotatable bonds is 3. The summed E-state index contributed by atoms with van der Waals surface area (Å²) in [5.41, 5.74) is 4.98. The van der Waals surface area contributed by atoms with Crippen molar-refractivity contribution in [2.45, 2.75) is 19.8 Å². The molecule has 0 spiro atoms. The summed E-state index contributed by atoms with van der Waals surface area (Å²) in [7, 11) is 0. The molecule has 0 saturated carbocycles. The van der Waals surface area contributed by atoms with Gasteiger partial charge in [-0.2, -0.15) is 5.16 Å². The average Bonchev–Trinajstić information content (AvgIpc) is 2.53. The van der Waals surface area contributed by atoms with Crippen LogP contribution in [0.5, 0.6) is 0 Å². The van der Waals surface area contributed by atoms with Crippen molar-refractivity contribution in [2.75, 3.05) is 6.54 Å². The minimum absolute atomic E-state index is 0.210. The zero-order valence-corrected chi connectivity index (χ0v) is 7.95. The van der Waals surface area contributed by atoms with Crippen molar-refractivity contribution in [3.05, 3.63) is 22.2 Å². The third-order valence-electron chi connectivity index (χ3n) is 1.27. The van der Waals surface area contributed by atoms with Crippen molar-refractivity contribution in [1.82, 2.24) is 5.16 Å². The molecule has 0 aliphatic carbocycles. The van der Waals surface area contributed by atoms with E-state index < -0.39 is 5.97 Å². The van der Waals surface area contributed by atoms with E-state index in [4.69, 9.17) is 10.8 Å². The monoisotopic (exact) mass is 202 g/mol. The number of hydrogen-bond acceptors (Lipinski definition) is 4. The number of carboxylic acids is 1. The van der Waals surface area contributed by atoms with Gasteiger partial charge in [-0.1, -0.05) is 6.92 Å². The molecule has 0 aliphatic rings. The van der Waals surface area contributed by atoms with E-state index in [-0.39, 0.29) is 12.0 Å². The lowest BCUT2D eigenvalue weighted by molar-refractivity contribution is -0.136. The number of nitrogens with one attached hydrogen (secondary N) is 1. The average molecular weight is 202 g/mol. The second-order valence-corrected chi connectivity index (χ2v) is 2.46. The third kappa shape index (κ3) is 6.01. The lowest BCUT2D eigenvalue weighted by Gasteiger charge is -1.84. The highest BCUT2D eigenvalue weighted by atomic mass is 16.5. The quantitative estimate of drug-likeness (QED) is 0.636. The molecule has 0 aliphatic heterocycles. The minimum atomic E-state index is -0.745. The van der Waals surface area contributed by atoms with Crippen LogP contribution in [-0.2, 0) is 11.2 Å². The summed E-state index contributed by atoms with van der Waals surface area (Å²) in [6, 6.07) is 1.40. The Balaban J connectivity index is 0.000000292. The van der Waals surface area contributed by atoms with Crippen LogP contribution in [0.4, 0.5) is 0 Å². The van der Waals surface area contributed by atoms with Gasteiger partial charge in [-0.05, 0) is 6.54 Å². The molecule has 0 radical (unpaired) electrons. The van der Waals surface area contributed by atoms with Crippen LogP contribution in [-0.4, -0.2) is 22.8 Å². The Labute approximate surface area is 80.7 Å². The van der Waals surface area contributed by atoms with Crippen LogP contribution in [0.3, 0.4) is 0 Å². The Morgan fingerprint density at radius 1 is 1.71 bits per heavy atom. The van der Waals surface area contributed by atoms with Crippen LogP contribution >= 0.6 is 0 Å². The normalized spacial score (nSPS) is 9.00. The molecule has 1 aromatic rings. The van der Waals surface area contributed by atoms with Crippen molar-refractivity contribution in [3.63, 3.8) is 0 Å². The molecule has 0 unspecified atom stereocenters. The van der Waals surface area contributed by atoms with Crippen molar-refractivity contribution in [1.29, 1.82) is 0 Å². The Kier molecular flexibility index (Phi) is 6.13. The zero-order valence-electron chi connectivity index (χ0n) is 7.95. The van der Waals surface area contributed by atoms with Gasteiger partial charge in [0.15, 0.2) is 0 Å². The molecular formula is C8H14N2O4. The Hall–Kier alpha value is -1.56. The van der Waals surface area contributed by atoms with Crippen molar-refractivity contribution in [2.24, 2.45) is 5.73 Å². The summed E-state index contributed by atoms with van der Waals surface area (Å²) in [4.78, 5) is 19.7. The molecule has 0 atom stereocenters. The predicted molar refractivity (Wildman–Crippen MR) is 50.0 cm³/mol. The highest BCUT2D eigenvalue weighted by Gasteiger charge is 1.94. The summed E-state index contributed by atoms with van der Waals surface area (Å²) in [6.45, 7) is 2.10. The minimum Gasteiger partial charge on any atom is -0.481 e. The van der Waals surface area contributed by atoms with Gasteiger partial charge in [-0.15, -0.1) is 0 Å². The molecule has 80 valence electrons. The highest BCUT2D eigenvalue weighted by molar-refractivity contribution is 5.66. The fourth-order valence-electron chi connectivity index (χ4n) is 0.586. The van der Waals surface area contributed by atoms with Crippen LogP contribution in [0.25, 0.3) is 0 Å². The van der Waals surface area contributed by atoms with E-state index in [0.29, 0.717) is 18.7 Å². The summed E-state index contributed by atoms with van der Waals surface area (Å²) in [6.07, 6.45) is 0.832. The number of aromatic amines is 1. The van der Waals surface area contributed by atoms with Gasteiger partial charge in [0, 0.05) is 18.9 Å². The summed E-state index contributed by atoms with van der Waals surface area (Å²) < 4.78 is 4.69. The van der Waals surface area contributed by atoms with Gasteiger partial charge in [-0.3, -0.25) is 9.59 Å². The molecule has 14 heavy (non-hydrogen) atoms. The van der Waals surface area contributed by atoms with Gasteiger partial charge in [0.05, 0.1) is 0 Å². The van der Waals surface area contributed by atoms with E-state index in [1.54, 1.807) is 6.92 Å². The van der Waals surface area contributed by atoms with E-state index in [0.717, 1.165) is 0 Å². The van der Waals surface area contributed by atoms with E-state index in [1.807, 2.05) is 0 Å². The lowest BCUT2D eigenvalue weighted by Crippen LogP contribution is -2.01. The first-order chi connectivity index (χ1) is 6.60. The standard InChI is InChI=1S/C5H8N2O2.C3H6O2/c6-2-1-4-3-5(8)7-9-4;1-2-3(4)5/h3H,1-2,6H2,(H,7,8);2H2,1H3,(H,4,5). The van der Waals surface area contributed by atoms with Crippen LogP contribution in [0.2, 0.25) is 0 Å². The number of aliphatic carboxylic acids is 1. The number of carbonyl (C=O) groups is 1. The second-order valence-electron chi connectivity index (χ2n) is 2.46. The first kappa shape index (κ1) is 12.4. The molecule has 4 N–H and O–H groups in total. The van der Waals surface area contributed by atoms with E-state index in [1.165, 1.54) is 6.07 Å². The third-order valence-corrected chi connectivity index (χ3v) is 1.27. The van der Waals surface area contributed by atoms with Gasteiger partial charge in [0.25, 0.3) is 5.56 Å². The molecule has 0 amide bonds. The Morgan fingerprint density at radius 2 is 2.29 bits per heavy atom. The maximum Gasteiger partial charge on any atom is 0.303 e. The van der Waals surface area contributed by atoms with Crippen LogP contribution < -0.4 is 11.3 Å². The van der Waals surface area contributed by atoms with Crippen LogP contribution in [0, 0.1) is 0 Å². The maximum absolute atomic E-state index is 10.4. The number of aromatic nitrogens is 1.